The van der Waals surface area contributed by atoms with Gasteiger partial charge in [0.25, 0.3) is 0 Å². The van der Waals surface area contributed by atoms with Gasteiger partial charge in [0, 0.05) is 16.1 Å². The average Bonchev–Trinajstić information content (AvgIpc) is 2.91. The Morgan fingerprint density at radius 2 is 2.32 bits per heavy atom. The standard InChI is InChI=1S/C11H12BrN5O2/c12-7-1-2-10(18-6-11(13)15-17-14)8(5-7)9-3-4-19-16-9/h1-5,17H,6,14H2,(H2,13,15). The Hall–Kier alpha value is -2.06. The lowest BCUT2D eigenvalue weighted by molar-refractivity contribution is 0.374. The van der Waals surface area contributed by atoms with Crippen LogP contribution in [0.4, 0.5) is 0 Å². The van der Waals surface area contributed by atoms with Crippen LogP contribution >= 0.6 is 15.9 Å². The maximum absolute atomic E-state index is 5.58. The van der Waals surface area contributed by atoms with E-state index in [1.807, 2.05) is 12.1 Å². The second-order valence-corrected chi connectivity index (χ2v) is 4.46. The number of hydrogen-bond donors (Lipinski definition) is 3. The van der Waals surface area contributed by atoms with E-state index in [9.17, 15) is 0 Å². The Morgan fingerprint density at radius 3 is 3.00 bits per heavy atom. The van der Waals surface area contributed by atoms with Crippen LogP contribution < -0.4 is 21.8 Å². The molecule has 100 valence electrons. The molecule has 19 heavy (non-hydrogen) atoms. The van der Waals surface area contributed by atoms with Gasteiger partial charge in [-0.25, -0.2) is 11.4 Å². The van der Waals surface area contributed by atoms with Gasteiger partial charge in [-0.05, 0) is 18.2 Å². The number of hydrogen-bond acceptors (Lipinski definition) is 6. The van der Waals surface area contributed by atoms with Gasteiger partial charge in [-0.2, -0.15) is 0 Å². The van der Waals surface area contributed by atoms with E-state index >= 15 is 0 Å². The first kappa shape index (κ1) is 13.4. The molecule has 0 bridgehead atoms. The second kappa shape index (κ2) is 6.21. The molecule has 0 saturated carbocycles. The lowest BCUT2D eigenvalue weighted by Gasteiger charge is -2.10. The topological polar surface area (TPSA) is 112 Å². The molecule has 1 aromatic carbocycles. The molecule has 1 aromatic heterocycles. The highest BCUT2D eigenvalue weighted by Crippen LogP contribution is 2.31. The van der Waals surface area contributed by atoms with Crippen LogP contribution in [0.2, 0.25) is 0 Å². The summed E-state index contributed by atoms with van der Waals surface area (Å²) >= 11 is 3.40. The number of benzene rings is 1. The van der Waals surface area contributed by atoms with E-state index in [0.29, 0.717) is 11.4 Å². The van der Waals surface area contributed by atoms with E-state index in [4.69, 9.17) is 20.8 Å². The molecule has 0 aliphatic heterocycles. The molecule has 0 aliphatic carbocycles. The van der Waals surface area contributed by atoms with Crippen molar-refractivity contribution < 1.29 is 9.26 Å². The van der Waals surface area contributed by atoms with Crippen molar-refractivity contribution in [2.24, 2.45) is 16.7 Å². The number of ether oxygens (including phenoxy) is 1. The first-order chi connectivity index (χ1) is 9.20. The highest BCUT2D eigenvalue weighted by Gasteiger charge is 2.10. The first-order valence-corrected chi connectivity index (χ1v) is 6.10. The summed E-state index contributed by atoms with van der Waals surface area (Å²) in [5, 5.41) is 7.49. The van der Waals surface area contributed by atoms with E-state index in [2.05, 4.69) is 31.7 Å². The van der Waals surface area contributed by atoms with E-state index in [1.165, 1.54) is 6.26 Å². The summed E-state index contributed by atoms with van der Waals surface area (Å²) in [7, 11) is 0. The summed E-state index contributed by atoms with van der Waals surface area (Å²) in [6.45, 7) is 0.108. The van der Waals surface area contributed by atoms with E-state index in [0.717, 1.165) is 10.0 Å². The molecule has 0 radical (unpaired) electrons. The summed E-state index contributed by atoms with van der Waals surface area (Å²) in [6, 6.07) is 7.28. The zero-order chi connectivity index (χ0) is 13.7. The van der Waals surface area contributed by atoms with Crippen LogP contribution in [0.15, 0.2) is 44.6 Å². The molecule has 0 atom stereocenters. The maximum atomic E-state index is 5.58. The van der Waals surface area contributed by atoms with Crippen molar-refractivity contribution in [3.05, 3.63) is 35.0 Å². The minimum atomic E-state index is 0.108. The van der Waals surface area contributed by atoms with E-state index in [-0.39, 0.29) is 12.4 Å². The number of nitrogens with zero attached hydrogens (tertiary/aromatic N) is 2. The van der Waals surface area contributed by atoms with E-state index < -0.39 is 0 Å². The molecule has 5 N–H and O–H groups in total. The average molecular weight is 326 g/mol. The Kier molecular flexibility index (Phi) is 4.37. The van der Waals surface area contributed by atoms with Crippen LogP contribution in [0.25, 0.3) is 11.3 Å². The predicted octanol–water partition coefficient (Wildman–Crippen LogP) is 1.22. The van der Waals surface area contributed by atoms with Crippen LogP contribution in [-0.2, 0) is 0 Å². The van der Waals surface area contributed by atoms with Gasteiger partial charge >= 0.3 is 0 Å². The molecular formula is C11H12BrN5O2. The second-order valence-electron chi connectivity index (χ2n) is 3.55. The third-order valence-electron chi connectivity index (χ3n) is 2.24. The maximum Gasteiger partial charge on any atom is 0.159 e. The molecule has 2 rings (SSSR count). The van der Waals surface area contributed by atoms with Gasteiger partial charge < -0.3 is 15.0 Å². The smallest absolute Gasteiger partial charge is 0.159 e. The Balaban J connectivity index is 2.23. The highest BCUT2D eigenvalue weighted by molar-refractivity contribution is 9.10. The number of hydrazone groups is 1. The Morgan fingerprint density at radius 1 is 1.47 bits per heavy atom. The van der Waals surface area contributed by atoms with Gasteiger partial charge in [-0.3, -0.25) is 0 Å². The summed E-state index contributed by atoms with van der Waals surface area (Å²) in [6.07, 6.45) is 1.49. The van der Waals surface area contributed by atoms with Gasteiger partial charge in [0.15, 0.2) is 5.84 Å². The number of amidine groups is 1. The van der Waals surface area contributed by atoms with Crippen LogP contribution in [0, 0.1) is 0 Å². The molecule has 0 amide bonds. The predicted molar refractivity (Wildman–Crippen MR) is 74.1 cm³/mol. The van der Waals surface area contributed by atoms with Crippen molar-refractivity contribution in [2.75, 3.05) is 6.61 Å². The van der Waals surface area contributed by atoms with E-state index in [1.54, 1.807) is 12.1 Å². The molecule has 7 nitrogen and oxygen atoms in total. The van der Waals surface area contributed by atoms with Crippen LogP contribution in [-0.4, -0.2) is 17.6 Å². The minimum Gasteiger partial charge on any atom is -0.485 e. The lowest BCUT2D eigenvalue weighted by atomic mass is 10.1. The van der Waals surface area contributed by atoms with Crippen molar-refractivity contribution in [3.63, 3.8) is 0 Å². The zero-order valence-electron chi connectivity index (χ0n) is 9.84. The van der Waals surface area contributed by atoms with Gasteiger partial charge in [0.1, 0.15) is 24.3 Å². The molecule has 0 saturated heterocycles. The Labute approximate surface area is 117 Å². The van der Waals surface area contributed by atoms with Gasteiger partial charge in [-0.15, -0.1) is 5.10 Å². The minimum absolute atomic E-state index is 0.108. The lowest BCUT2D eigenvalue weighted by Crippen LogP contribution is -2.27. The summed E-state index contributed by atoms with van der Waals surface area (Å²) in [5.74, 6) is 5.87. The first-order valence-electron chi connectivity index (χ1n) is 5.31. The third kappa shape index (κ3) is 3.46. The summed E-state index contributed by atoms with van der Waals surface area (Å²) in [4.78, 5) is 0. The molecule has 0 fully saturated rings. The molecule has 8 heteroatoms. The van der Waals surface area contributed by atoms with Crippen LogP contribution in [0.1, 0.15) is 0 Å². The molecule has 1 heterocycles. The van der Waals surface area contributed by atoms with Crippen molar-refractivity contribution in [3.8, 4) is 17.0 Å². The number of nitrogens with two attached hydrogens (primary N) is 2. The third-order valence-corrected chi connectivity index (χ3v) is 2.73. The Bertz CT molecular complexity index is 570. The van der Waals surface area contributed by atoms with Gasteiger partial charge in [0.2, 0.25) is 0 Å². The van der Waals surface area contributed by atoms with Gasteiger partial charge in [-0.1, -0.05) is 21.1 Å². The summed E-state index contributed by atoms with van der Waals surface area (Å²) in [5.41, 5.74) is 9.13. The zero-order valence-corrected chi connectivity index (χ0v) is 11.4. The fourth-order valence-corrected chi connectivity index (χ4v) is 1.81. The number of nitrogens with one attached hydrogen (secondary N) is 1. The van der Waals surface area contributed by atoms with Crippen molar-refractivity contribution in [2.45, 2.75) is 0 Å². The fraction of sp³-hybridized carbons (Fsp3) is 0.0909. The normalized spacial score (nSPS) is 11.4. The largest absolute Gasteiger partial charge is 0.485 e. The molecule has 2 aromatic rings. The molecule has 0 aliphatic rings. The molecular weight excluding hydrogens is 314 g/mol. The van der Waals surface area contributed by atoms with Crippen molar-refractivity contribution in [1.82, 2.24) is 10.7 Å². The molecule has 0 unspecified atom stereocenters. The van der Waals surface area contributed by atoms with Gasteiger partial charge in [0.05, 0.1) is 0 Å². The van der Waals surface area contributed by atoms with Crippen LogP contribution in [0.5, 0.6) is 5.75 Å². The fourth-order valence-electron chi connectivity index (χ4n) is 1.45. The number of halogens is 1. The SMILES string of the molecule is NN/N=C(\N)COc1ccc(Br)cc1-c1ccon1. The number of rotatable bonds is 5. The van der Waals surface area contributed by atoms with Crippen LogP contribution in [0.3, 0.4) is 0 Å². The number of aromatic nitrogens is 1. The highest BCUT2D eigenvalue weighted by atomic mass is 79.9. The van der Waals surface area contributed by atoms with Crippen molar-refractivity contribution >= 4 is 21.8 Å². The molecule has 0 spiro atoms. The summed E-state index contributed by atoms with van der Waals surface area (Å²) < 4.78 is 11.3. The van der Waals surface area contributed by atoms with Crippen molar-refractivity contribution in [1.29, 1.82) is 0 Å². The quantitative estimate of drug-likeness (QED) is 0.330. The number of hydrazine groups is 1. The monoisotopic (exact) mass is 325 g/mol.